The fourth-order valence-electron chi connectivity index (χ4n) is 2.36. The monoisotopic (exact) mass is 344 g/mol. The number of anilines is 1. The number of carbonyl (C=O) groups is 1. The summed E-state index contributed by atoms with van der Waals surface area (Å²) >= 11 is 5.85. The van der Waals surface area contributed by atoms with Gasteiger partial charge in [0.05, 0.1) is 12.7 Å². The number of rotatable bonds is 5. The second kappa shape index (κ2) is 6.84. The number of nitrogens with two attached hydrogens (primary N) is 1. The molecule has 7 nitrogen and oxygen atoms in total. The summed E-state index contributed by atoms with van der Waals surface area (Å²) in [5.41, 5.74) is 7.95. The molecule has 0 saturated heterocycles. The fourth-order valence-corrected chi connectivity index (χ4v) is 2.48. The average molecular weight is 345 g/mol. The first-order valence-corrected chi connectivity index (χ1v) is 7.82. The standard InChI is InChI=1S/C16H17ClN6O/c1-22(13(24)8-11-2-4-12(17)5-3-11)6-7-23-10-21-14-15(18)19-9-20-16(14)23/h2-5,9-10H,6-8H2,1H3,(H2,18,19,20). The van der Waals surface area contributed by atoms with Gasteiger partial charge in [-0.05, 0) is 17.7 Å². The van der Waals surface area contributed by atoms with Gasteiger partial charge in [0.1, 0.15) is 11.8 Å². The first-order chi connectivity index (χ1) is 11.5. The minimum atomic E-state index is 0.0379. The van der Waals surface area contributed by atoms with Crippen LogP contribution in [0, 0.1) is 0 Å². The van der Waals surface area contributed by atoms with Crippen molar-refractivity contribution in [1.82, 2.24) is 24.4 Å². The van der Waals surface area contributed by atoms with E-state index in [1.54, 1.807) is 30.4 Å². The van der Waals surface area contributed by atoms with E-state index in [1.807, 2.05) is 16.7 Å². The van der Waals surface area contributed by atoms with Crippen molar-refractivity contribution < 1.29 is 4.79 Å². The van der Waals surface area contributed by atoms with Crippen LogP contribution >= 0.6 is 11.6 Å². The molecule has 2 heterocycles. The van der Waals surface area contributed by atoms with Gasteiger partial charge in [-0.25, -0.2) is 15.0 Å². The molecular formula is C16H17ClN6O. The summed E-state index contributed by atoms with van der Waals surface area (Å²) in [6.07, 6.45) is 3.41. The molecule has 3 rings (SSSR count). The van der Waals surface area contributed by atoms with E-state index in [1.165, 1.54) is 6.33 Å². The number of hydrogen-bond acceptors (Lipinski definition) is 5. The maximum atomic E-state index is 12.3. The lowest BCUT2D eigenvalue weighted by Gasteiger charge is -2.17. The van der Waals surface area contributed by atoms with E-state index in [9.17, 15) is 4.79 Å². The van der Waals surface area contributed by atoms with E-state index in [2.05, 4.69) is 15.0 Å². The van der Waals surface area contributed by atoms with E-state index < -0.39 is 0 Å². The molecule has 2 N–H and O–H groups in total. The van der Waals surface area contributed by atoms with Crippen molar-refractivity contribution in [1.29, 1.82) is 0 Å². The van der Waals surface area contributed by atoms with Crippen LogP contribution in [0.15, 0.2) is 36.9 Å². The van der Waals surface area contributed by atoms with Gasteiger partial charge in [-0.15, -0.1) is 0 Å². The van der Waals surface area contributed by atoms with E-state index >= 15 is 0 Å². The Morgan fingerprint density at radius 2 is 2.00 bits per heavy atom. The predicted molar refractivity (Wildman–Crippen MR) is 92.5 cm³/mol. The Bertz CT molecular complexity index is 861. The van der Waals surface area contributed by atoms with Crippen LogP contribution in [-0.4, -0.2) is 43.9 Å². The van der Waals surface area contributed by atoms with Crippen LogP contribution in [-0.2, 0) is 17.8 Å². The second-order valence-corrected chi connectivity index (χ2v) is 5.92. The average Bonchev–Trinajstić information content (AvgIpc) is 2.99. The molecule has 1 aromatic carbocycles. The number of likely N-dealkylation sites (N-methyl/N-ethyl adjacent to an activating group) is 1. The normalized spacial score (nSPS) is 10.9. The van der Waals surface area contributed by atoms with E-state index in [4.69, 9.17) is 17.3 Å². The van der Waals surface area contributed by atoms with E-state index in [0.29, 0.717) is 41.5 Å². The van der Waals surface area contributed by atoms with Gasteiger partial charge in [-0.3, -0.25) is 4.79 Å². The molecule has 0 radical (unpaired) electrons. The highest BCUT2D eigenvalue weighted by atomic mass is 35.5. The number of nitrogens with zero attached hydrogens (tertiary/aromatic N) is 5. The number of carbonyl (C=O) groups excluding carboxylic acids is 1. The maximum absolute atomic E-state index is 12.3. The van der Waals surface area contributed by atoms with Crippen molar-refractivity contribution in [2.45, 2.75) is 13.0 Å². The summed E-state index contributed by atoms with van der Waals surface area (Å²) < 4.78 is 1.86. The summed E-state index contributed by atoms with van der Waals surface area (Å²) in [6.45, 7) is 1.12. The van der Waals surface area contributed by atoms with Gasteiger partial charge in [0.15, 0.2) is 11.5 Å². The van der Waals surface area contributed by atoms with Gasteiger partial charge >= 0.3 is 0 Å². The first-order valence-electron chi connectivity index (χ1n) is 7.44. The molecule has 3 aromatic rings. The van der Waals surface area contributed by atoms with Crippen molar-refractivity contribution in [3.05, 3.63) is 47.5 Å². The smallest absolute Gasteiger partial charge is 0.226 e. The summed E-state index contributed by atoms with van der Waals surface area (Å²) in [6, 6.07) is 7.28. The van der Waals surface area contributed by atoms with Gasteiger partial charge in [0.2, 0.25) is 5.91 Å². The Morgan fingerprint density at radius 3 is 2.75 bits per heavy atom. The van der Waals surface area contributed by atoms with Crippen LogP contribution in [0.2, 0.25) is 5.02 Å². The molecule has 0 atom stereocenters. The molecule has 0 unspecified atom stereocenters. The zero-order valence-corrected chi connectivity index (χ0v) is 13.9. The fraction of sp³-hybridized carbons (Fsp3) is 0.250. The molecular weight excluding hydrogens is 328 g/mol. The lowest BCUT2D eigenvalue weighted by atomic mass is 10.1. The Balaban J connectivity index is 1.62. The third kappa shape index (κ3) is 3.46. The SMILES string of the molecule is CN(CCn1cnc2c(N)ncnc21)C(=O)Cc1ccc(Cl)cc1. The number of aromatic nitrogens is 4. The second-order valence-electron chi connectivity index (χ2n) is 5.49. The van der Waals surface area contributed by atoms with Gasteiger partial charge in [0, 0.05) is 25.2 Å². The molecule has 8 heteroatoms. The number of hydrogen-bond donors (Lipinski definition) is 1. The first kappa shape index (κ1) is 16.2. The highest BCUT2D eigenvalue weighted by molar-refractivity contribution is 6.30. The van der Waals surface area contributed by atoms with Crippen LogP contribution in [0.3, 0.4) is 0 Å². The largest absolute Gasteiger partial charge is 0.382 e. The Labute approximate surface area is 144 Å². The minimum Gasteiger partial charge on any atom is -0.382 e. The third-order valence-corrected chi connectivity index (χ3v) is 4.05. The molecule has 0 fully saturated rings. The highest BCUT2D eigenvalue weighted by Gasteiger charge is 2.12. The predicted octanol–water partition coefficient (Wildman–Crippen LogP) is 1.76. The number of benzene rings is 1. The molecule has 124 valence electrons. The molecule has 0 spiro atoms. The molecule has 24 heavy (non-hydrogen) atoms. The number of nitrogen functional groups attached to an aromatic ring is 1. The summed E-state index contributed by atoms with van der Waals surface area (Å²) in [5, 5.41) is 0.660. The lowest BCUT2D eigenvalue weighted by Crippen LogP contribution is -2.31. The summed E-state index contributed by atoms with van der Waals surface area (Å²) in [4.78, 5) is 26.3. The zero-order valence-electron chi connectivity index (χ0n) is 13.2. The number of amides is 1. The van der Waals surface area contributed by atoms with Gasteiger partial charge in [0.25, 0.3) is 0 Å². The van der Waals surface area contributed by atoms with Crippen molar-refractivity contribution in [2.75, 3.05) is 19.3 Å². The topological polar surface area (TPSA) is 89.9 Å². The number of imidazole rings is 1. The number of halogens is 1. The molecule has 2 aromatic heterocycles. The van der Waals surface area contributed by atoms with E-state index in [0.717, 1.165) is 5.56 Å². The molecule has 0 aliphatic carbocycles. The lowest BCUT2D eigenvalue weighted by molar-refractivity contribution is -0.129. The molecule has 0 bridgehead atoms. The maximum Gasteiger partial charge on any atom is 0.226 e. The quantitative estimate of drug-likeness (QED) is 0.761. The van der Waals surface area contributed by atoms with Crippen molar-refractivity contribution >= 4 is 34.5 Å². The molecule has 0 saturated carbocycles. The van der Waals surface area contributed by atoms with Gasteiger partial charge in [-0.2, -0.15) is 0 Å². The van der Waals surface area contributed by atoms with Crippen molar-refractivity contribution in [3.63, 3.8) is 0 Å². The summed E-state index contributed by atoms with van der Waals surface area (Å²) in [5.74, 6) is 0.391. The highest BCUT2D eigenvalue weighted by Crippen LogP contribution is 2.14. The molecule has 0 aliphatic heterocycles. The molecule has 1 amide bonds. The van der Waals surface area contributed by atoms with Crippen LogP contribution < -0.4 is 5.73 Å². The van der Waals surface area contributed by atoms with Gasteiger partial charge < -0.3 is 15.2 Å². The third-order valence-electron chi connectivity index (χ3n) is 3.80. The zero-order chi connectivity index (χ0) is 17.1. The Kier molecular flexibility index (Phi) is 4.61. The number of fused-ring (bicyclic) bond motifs is 1. The minimum absolute atomic E-state index is 0.0379. The Morgan fingerprint density at radius 1 is 1.25 bits per heavy atom. The van der Waals surface area contributed by atoms with Crippen LogP contribution in [0.5, 0.6) is 0 Å². The van der Waals surface area contributed by atoms with Gasteiger partial charge in [-0.1, -0.05) is 23.7 Å². The van der Waals surface area contributed by atoms with Crippen LogP contribution in [0.1, 0.15) is 5.56 Å². The summed E-state index contributed by atoms with van der Waals surface area (Å²) in [7, 11) is 1.78. The van der Waals surface area contributed by atoms with Crippen LogP contribution in [0.25, 0.3) is 11.2 Å². The van der Waals surface area contributed by atoms with Crippen molar-refractivity contribution in [2.24, 2.45) is 0 Å². The Hall–Kier alpha value is -2.67. The van der Waals surface area contributed by atoms with Crippen molar-refractivity contribution in [3.8, 4) is 0 Å². The molecule has 0 aliphatic rings. The van der Waals surface area contributed by atoms with E-state index in [-0.39, 0.29) is 5.91 Å². The van der Waals surface area contributed by atoms with Crippen LogP contribution in [0.4, 0.5) is 5.82 Å².